The molecule has 0 spiro atoms. The minimum Gasteiger partial charge on any atom is -0.507 e. The van der Waals surface area contributed by atoms with Gasteiger partial charge in [0.05, 0.1) is 17.7 Å². The van der Waals surface area contributed by atoms with Crippen molar-refractivity contribution < 1.29 is 19.4 Å². The molecule has 0 aliphatic rings. The fourth-order valence-corrected chi connectivity index (χ4v) is 2.51. The van der Waals surface area contributed by atoms with Gasteiger partial charge in [-0.2, -0.15) is 0 Å². The van der Waals surface area contributed by atoms with E-state index in [1.807, 2.05) is 19.0 Å². The van der Waals surface area contributed by atoms with Crippen LogP contribution in [0.3, 0.4) is 0 Å². The van der Waals surface area contributed by atoms with Gasteiger partial charge in [0.25, 0.3) is 0 Å². The molecule has 2 rings (SSSR count). The number of phenolic OH excluding ortho intramolecular Hbond substituents is 1. The number of esters is 1. The van der Waals surface area contributed by atoms with Crippen molar-refractivity contribution in [3.05, 3.63) is 59.2 Å². The number of phenols is 1. The molecule has 1 N–H and O–H groups in total. The van der Waals surface area contributed by atoms with Gasteiger partial charge < -0.3 is 14.7 Å². The van der Waals surface area contributed by atoms with Crippen molar-refractivity contribution in [3.8, 4) is 5.75 Å². The first-order valence-electron chi connectivity index (χ1n) is 8.16. The number of hydrogen-bond acceptors (Lipinski definition) is 5. The predicted molar refractivity (Wildman–Crippen MR) is 97.6 cm³/mol. The summed E-state index contributed by atoms with van der Waals surface area (Å²) in [6, 6.07) is 11.8. The van der Waals surface area contributed by atoms with Crippen LogP contribution >= 0.6 is 0 Å². The number of carbonyl (C=O) groups excluding carboxylic acids is 2. The number of carbonyl (C=O) groups is 2. The van der Waals surface area contributed by atoms with Crippen LogP contribution in [-0.4, -0.2) is 37.6 Å². The highest BCUT2D eigenvalue weighted by atomic mass is 16.5. The average molecular weight is 341 g/mol. The molecule has 0 fully saturated rings. The molecule has 132 valence electrons. The number of nitrogens with zero attached hydrogens (tertiary/aromatic N) is 1. The summed E-state index contributed by atoms with van der Waals surface area (Å²) < 4.78 is 4.95. The molecule has 0 aliphatic heterocycles. The molecule has 0 aliphatic carbocycles. The topological polar surface area (TPSA) is 66.8 Å². The van der Waals surface area contributed by atoms with Gasteiger partial charge >= 0.3 is 5.97 Å². The van der Waals surface area contributed by atoms with Crippen molar-refractivity contribution in [3.63, 3.8) is 0 Å². The van der Waals surface area contributed by atoms with Crippen LogP contribution in [0.5, 0.6) is 5.75 Å². The molecule has 5 nitrogen and oxygen atoms in total. The number of ketones is 1. The molecule has 0 heterocycles. The van der Waals surface area contributed by atoms with Gasteiger partial charge in [-0.3, -0.25) is 4.79 Å². The van der Waals surface area contributed by atoms with E-state index < -0.39 is 5.92 Å². The minimum atomic E-state index is -0.438. The van der Waals surface area contributed by atoms with E-state index in [2.05, 4.69) is 0 Å². The maximum atomic E-state index is 12.7. The summed E-state index contributed by atoms with van der Waals surface area (Å²) in [5, 5.41) is 10.2. The molecular formula is C20H23NO4. The third-order valence-corrected chi connectivity index (χ3v) is 4.08. The molecule has 0 bridgehead atoms. The maximum Gasteiger partial charge on any atom is 0.338 e. The minimum absolute atomic E-state index is 0.0359. The number of rotatable bonds is 6. The molecule has 1 unspecified atom stereocenters. The number of hydrogen-bond donors (Lipinski definition) is 1. The van der Waals surface area contributed by atoms with E-state index in [1.54, 1.807) is 56.3 Å². The Morgan fingerprint density at radius 1 is 1.12 bits per heavy atom. The quantitative estimate of drug-likeness (QED) is 0.642. The van der Waals surface area contributed by atoms with Gasteiger partial charge in [0.1, 0.15) is 5.75 Å². The Labute approximate surface area is 147 Å². The third kappa shape index (κ3) is 4.18. The van der Waals surface area contributed by atoms with E-state index in [9.17, 15) is 14.7 Å². The van der Waals surface area contributed by atoms with E-state index in [0.29, 0.717) is 12.2 Å². The Morgan fingerprint density at radius 3 is 2.28 bits per heavy atom. The average Bonchev–Trinajstić information content (AvgIpc) is 2.60. The van der Waals surface area contributed by atoms with Gasteiger partial charge in [-0.25, -0.2) is 4.79 Å². The van der Waals surface area contributed by atoms with Crippen LogP contribution in [0.1, 0.15) is 46.0 Å². The number of aromatic hydroxyl groups is 1. The van der Waals surface area contributed by atoms with Crippen LogP contribution in [0, 0.1) is 0 Å². The smallest absolute Gasteiger partial charge is 0.338 e. The molecular weight excluding hydrogens is 318 g/mol. The van der Waals surface area contributed by atoms with E-state index in [1.165, 1.54) is 0 Å². The largest absolute Gasteiger partial charge is 0.507 e. The predicted octanol–water partition coefficient (Wildman–Crippen LogP) is 3.62. The first kappa shape index (κ1) is 18.5. The lowest BCUT2D eigenvalue weighted by Gasteiger charge is -2.16. The summed E-state index contributed by atoms with van der Waals surface area (Å²) in [6.45, 7) is 3.85. The standard InChI is InChI=1S/C20H23NO4/c1-5-25-20(24)15-8-6-14(7-9-15)13(2)19(23)17-11-10-16(21(3)4)12-18(17)22/h6-13,22H,5H2,1-4H3. The van der Waals surface area contributed by atoms with Crippen LogP contribution in [0.15, 0.2) is 42.5 Å². The van der Waals surface area contributed by atoms with Gasteiger partial charge in [0.15, 0.2) is 5.78 Å². The Kier molecular flexibility index (Phi) is 5.80. The Balaban J connectivity index is 2.21. The normalized spacial score (nSPS) is 11.7. The summed E-state index contributed by atoms with van der Waals surface area (Å²) in [6.07, 6.45) is 0. The molecule has 5 heteroatoms. The van der Waals surface area contributed by atoms with E-state index >= 15 is 0 Å². The zero-order chi connectivity index (χ0) is 18.6. The van der Waals surface area contributed by atoms with Gasteiger partial charge in [-0.1, -0.05) is 19.1 Å². The molecule has 0 saturated heterocycles. The lowest BCUT2D eigenvalue weighted by Crippen LogP contribution is -2.12. The van der Waals surface area contributed by atoms with E-state index in [-0.39, 0.29) is 23.1 Å². The first-order chi connectivity index (χ1) is 11.8. The van der Waals surface area contributed by atoms with Gasteiger partial charge in [0.2, 0.25) is 0 Å². The number of ether oxygens (including phenoxy) is 1. The first-order valence-corrected chi connectivity index (χ1v) is 8.16. The lowest BCUT2D eigenvalue weighted by atomic mass is 9.91. The van der Waals surface area contributed by atoms with Crippen LogP contribution in [0.4, 0.5) is 5.69 Å². The van der Waals surface area contributed by atoms with Crippen LogP contribution in [-0.2, 0) is 4.74 Å². The second-order valence-electron chi connectivity index (χ2n) is 6.02. The zero-order valence-electron chi connectivity index (χ0n) is 14.9. The van der Waals surface area contributed by atoms with Gasteiger partial charge in [-0.15, -0.1) is 0 Å². The lowest BCUT2D eigenvalue weighted by molar-refractivity contribution is 0.0526. The molecule has 25 heavy (non-hydrogen) atoms. The Hall–Kier alpha value is -2.82. The van der Waals surface area contributed by atoms with Crippen molar-refractivity contribution in [2.75, 3.05) is 25.6 Å². The summed E-state index contributed by atoms with van der Waals surface area (Å²) >= 11 is 0. The molecule has 0 amide bonds. The molecule has 0 radical (unpaired) electrons. The molecule has 2 aromatic carbocycles. The highest BCUT2D eigenvalue weighted by molar-refractivity contribution is 6.03. The molecule has 0 aromatic heterocycles. The Bertz CT molecular complexity index is 766. The molecule has 2 aromatic rings. The summed E-state index contributed by atoms with van der Waals surface area (Å²) in [7, 11) is 3.73. The second-order valence-corrected chi connectivity index (χ2v) is 6.02. The SMILES string of the molecule is CCOC(=O)c1ccc(C(C)C(=O)c2ccc(N(C)C)cc2O)cc1. The van der Waals surface area contributed by atoms with Crippen molar-refractivity contribution in [1.29, 1.82) is 0 Å². The third-order valence-electron chi connectivity index (χ3n) is 4.08. The van der Waals surface area contributed by atoms with Crippen LogP contribution < -0.4 is 4.90 Å². The zero-order valence-corrected chi connectivity index (χ0v) is 14.9. The number of anilines is 1. The van der Waals surface area contributed by atoms with Crippen molar-refractivity contribution in [2.45, 2.75) is 19.8 Å². The van der Waals surface area contributed by atoms with Crippen LogP contribution in [0.25, 0.3) is 0 Å². The Morgan fingerprint density at radius 2 is 1.76 bits per heavy atom. The fourth-order valence-electron chi connectivity index (χ4n) is 2.51. The summed E-state index contributed by atoms with van der Waals surface area (Å²) in [5.41, 5.74) is 2.32. The van der Waals surface area contributed by atoms with Crippen LogP contribution in [0.2, 0.25) is 0 Å². The molecule has 1 atom stereocenters. The van der Waals surface area contributed by atoms with Gasteiger partial charge in [-0.05, 0) is 36.8 Å². The maximum absolute atomic E-state index is 12.7. The van der Waals surface area contributed by atoms with Crippen molar-refractivity contribution in [2.24, 2.45) is 0 Å². The fraction of sp³-hybridized carbons (Fsp3) is 0.300. The van der Waals surface area contributed by atoms with Gasteiger partial charge in [0, 0.05) is 31.8 Å². The van der Waals surface area contributed by atoms with Crippen molar-refractivity contribution >= 4 is 17.4 Å². The van der Waals surface area contributed by atoms with Crippen molar-refractivity contribution in [1.82, 2.24) is 0 Å². The van der Waals surface area contributed by atoms with E-state index in [4.69, 9.17) is 4.74 Å². The monoisotopic (exact) mass is 341 g/mol. The summed E-state index contributed by atoms with van der Waals surface area (Å²) in [5.74, 6) is -1.03. The molecule has 0 saturated carbocycles. The number of Topliss-reactive ketones (excluding diaryl/α,β-unsaturated/α-hetero) is 1. The highest BCUT2D eigenvalue weighted by Gasteiger charge is 2.21. The number of benzene rings is 2. The highest BCUT2D eigenvalue weighted by Crippen LogP contribution is 2.29. The summed E-state index contributed by atoms with van der Waals surface area (Å²) in [4.78, 5) is 26.2. The second kappa shape index (κ2) is 7.83. The van der Waals surface area contributed by atoms with E-state index in [0.717, 1.165) is 11.3 Å².